The number of hydrogen-bond acceptors (Lipinski definition) is 13. The van der Waals surface area contributed by atoms with Gasteiger partial charge in [-0.15, -0.1) is 11.3 Å². The number of nitrogens with zero attached hydrogens (tertiary/aromatic N) is 6. The average molecular weight is 997 g/mol. The fourth-order valence-electron chi connectivity index (χ4n) is 10.7. The molecular weight excluding hydrogens is 931 g/mol. The van der Waals surface area contributed by atoms with Crippen molar-refractivity contribution in [3.05, 3.63) is 88.3 Å². The van der Waals surface area contributed by atoms with E-state index in [0.29, 0.717) is 44.2 Å². The maximum Gasteiger partial charge on any atom is 0.324 e. The van der Waals surface area contributed by atoms with Crippen LogP contribution in [0.3, 0.4) is 0 Å². The third-order valence-electron chi connectivity index (χ3n) is 14.6. The van der Waals surface area contributed by atoms with Crippen LogP contribution in [-0.2, 0) is 46.3 Å². The minimum Gasteiger partial charge on any atom is -0.464 e. The molecule has 380 valence electrons. The van der Waals surface area contributed by atoms with Gasteiger partial charge in [0.05, 0.1) is 55.1 Å². The second-order valence-corrected chi connectivity index (χ2v) is 20.9. The zero-order valence-electron chi connectivity index (χ0n) is 41.3. The lowest BCUT2D eigenvalue weighted by atomic mass is 9.82. The summed E-state index contributed by atoms with van der Waals surface area (Å²) in [6, 6.07) is 12.6. The number of benzene rings is 1. The van der Waals surface area contributed by atoms with Crippen LogP contribution in [0.1, 0.15) is 100 Å². The minimum absolute atomic E-state index is 0.0720. The number of nitrogens with one attached hydrogen (secondary N) is 2. The molecular formula is C53H66F2N8O7S. The quantitative estimate of drug-likeness (QED) is 0.0777. The van der Waals surface area contributed by atoms with Crippen LogP contribution in [0.25, 0.3) is 33.4 Å². The molecule has 1 saturated carbocycles. The highest BCUT2D eigenvalue weighted by atomic mass is 32.1. The van der Waals surface area contributed by atoms with Gasteiger partial charge in [-0.2, -0.15) is 0 Å². The average Bonchev–Trinajstić information content (AvgIpc) is 3.89. The Hall–Kier alpha value is -5.24. The summed E-state index contributed by atoms with van der Waals surface area (Å²) in [6.45, 7) is 11.5. The van der Waals surface area contributed by atoms with E-state index in [4.69, 9.17) is 23.9 Å². The highest BCUT2D eigenvalue weighted by Crippen LogP contribution is 2.47. The normalized spacial score (nSPS) is 22.5. The molecule has 1 aromatic carbocycles. The zero-order valence-corrected chi connectivity index (χ0v) is 42.1. The second kappa shape index (κ2) is 22.3. The van der Waals surface area contributed by atoms with Crippen molar-refractivity contribution >= 4 is 40.0 Å². The number of hydrazine groups is 1. The van der Waals surface area contributed by atoms with E-state index in [-0.39, 0.29) is 31.1 Å². The number of ether oxygens (including phenoxy) is 4. The first-order valence-corrected chi connectivity index (χ1v) is 26.0. The van der Waals surface area contributed by atoms with Gasteiger partial charge in [-0.05, 0) is 106 Å². The van der Waals surface area contributed by atoms with E-state index in [2.05, 4.69) is 80.6 Å². The molecule has 5 aromatic rings. The molecule has 7 heterocycles. The van der Waals surface area contributed by atoms with Gasteiger partial charge >= 0.3 is 5.97 Å². The van der Waals surface area contributed by atoms with Gasteiger partial charge < -0.3 is 28.8 Å². The largest absolute Gasteiger partial charge is 0.464 e. The summed E-state index contributed by atoms with van der Waals surface area (Å²) in [5.74, 6) is -1.69. The van der Waals surface area contributed by atoms with Crippen molar-refractivity contribution in [2.45, 2.75) is 115 Å². The van der Waals surface area contributed by atoms with Gasteiger partial charge in [-0.1, -0.05) is 26.0 Å². The number of carbonyl (C=O) groups is 3. The summed E-state index contributed by atoms with van der Waals surface area (Å²) in [4.78, 5) is 58.2. The molecule has 3 saturated heterocycles. The van der Waals surface area contributed by atoms with E-state index < -0.39 is 54.9 Å². The van der Waals surface area contributed by atoms with Gasteiger partial charge in [0, 0.05) is 95.5 Å². The first-order chi connectivity index (χ1) is 34.3. The Labute approximate surface area is 418 Å². The maximum atomic E-state index is 14.0. The predicted octanol–water partition coefficient (Wildman–Crippen LogP) is 7.71. The molecule has 18 heteroatoms. The number of thiazole rings is 1. The predicted molar refractivity (Wildman–Crippen MR) is 266 cm³/mol. The van der Waals surface area contributed by atoms with Gasteiger partial charge in [0.25, 0.3) is 12.3 Å². The molecule has 4 aromatic heterocycles. The zero-order chi connectivity index (χ0) is 49.8. The molecule has 1 unspecified atom stereocenters. The first kappa shape index (κ1) is 50.7. The Balaban J connectivity index is 0.953. The van der Waals surface area contributed by atoms with Crippen LogP contribution < -0.4 is 10.7 Å². The van der Waals surface area contributed by atoms with Gasteiger partial charge in [0.15, 0.2) is 0 Å². The van der Waals surface area contributed by atoms with Crippen LogP contribution in [0, 0.1) is 11.3 Å². The molecule has 2 N–H and O–H groups in total. The van der Waals surface area contributed by atoms with Gasteiger partial charge in [0.1, 0.15) is 18.7 Å². The van der Waals surface area contributed by atoms with Crippen molar-refractivity contribution < 1.29 is 42.1 Å². The Kier molecular flexibility index (Phi) is 15.9. The number of pyridine rings is 2. The lowest BCUT2D eigenvalue weighted by Crippen LogP contribution is -2.61. The van der Waals surface area contributed by atoms with E-state index in [0.717, 1.165) is 89.5 Å². The van der Waals surface area contributed by atoms with Crippen LogP contribution in [-0.4, -0.2) is 132 Å². The fraction of sp³-hybridized carbons (Fsp3) is 0.547. The topological polar surface area (TPSA) is 162 Å². The smallest absolute Gasteiger partial charge is 0.324 e. The van der Waals surface area contributed by atoms with Crippen molar-refractivity contribution in [1.29, 1.82) is 0 Å². The molecule has 4 fully saturated rings. The molecule has 1 aliphatic carbocycles. The third-order valence-corrected chi connectivity index (χ3v) is 15.2. The van der Waals surface area contributed by atoms with Crippen molar-refractivity contribution in [3.63, 3.8) is 0 Å². The number of methoxy groups -OCH3 is 1. The summed E-state index contributed by atoms with van der Waals surface area (Å²) in [5, 5.41) is 7.15. The van der Waals surface area contributed by atoms with Gasteiger partial charge in [-0.25, -0.2) is 19.2 Å². The molecule has 0 spiro atoms. The Bertz CT molecular complexity index is 2650. The third kappa shape index (κ3) is 11.5. The van der Waals surface area contributed by atoms with Crippen molar-refractivity contribution in [1.82, 2.24) is 40.2 Å². The maximum absolute atomic E-state index is 14.0. The Morgan fingerprint density at radius 3 is 2.66 bits per heavy atom. The van der Waals surface area contributed by atoms with E-state index >= 15 is 0 Å². The molecule has 7 atom stereocenters. The summed E-state index contributed by atoms with van der Waals surface area (Å²) < 4.78 is 51.9. The number of esters is 1. The molecule has 9 rings (SSSR count). The molecule has 0 bridgehead atoms. The SMILES string of the molecule is CCn1c(-c2cc([C@@H]3CCN4CCOCC4C3)cnc2[C@H](C)OC)c(CC(C)(C)COC(=O)[C@@H]2CCCN(C(=O)[C@H](COCC(F)F)NC(=O)[C@@H]3C[C@H]3c3ccccn3)N2)c2cc(-c3cscn3)ccc21. The summed E-state index contributed by atoms with van der Waals surface area (Å²) in [5.41, 5.74) is 13.3. The fourth-order valence-corrected chi connectivity index (χ4v) is 11.3. The lowest BCUT2D eigenvalue weighted by Gasteiger charge is -2.42. The molecule has 15 nitrogen and oxygen atoms in total. The van der Waals surface area contributed by atoms with E-state index in [1.54, 1.807) is 30.7 Å². The number of rotatable bonds is 19. The summed E-state index contributed by atoms with van der Waals surface area (Å²) in [7, 11) is 1.71. The summed E-state index contributed by atoms with van der Waals surface area (Å²) >= 11 is 1.55. The first-order valence-electron chi connectivity index (χ1n) is 25.0. The number of aromatic nitrogens is 4. The number of amides is 2. The second-order valence-electron chi connectivity index (χ2n) is 20.2. The molecule has 3 aliphatic heterocycles. The van der Waals surface area contributed by atoms with Gasteiger partial charge in [0.2, 0.25) is 5.91 Å². The van der Waals surface area contributed by atoms with Crippen LogP contribution in [0.5, 0.6) is 0 Å². The number of halogens is 2. The van der Waals surface area contributed by atoms with E-state index in [1.807, 2.05) is 30.8 Å². The van der Waals surface area contributed by atoms with Gasteiger partial charge in [-0.3, -0.25) is 34.3 Å². The molecule has 2 amide bonds. The van der Waals surface area contributed by atoms with Crippen molar-refractivity contribution in [2.24, 2.45) is 11.3 Å². The lowest BCUT2D eigenvalue weighted by molar-refractivity contribution is -0.156. The Morgan fingerprint density at radius 2 is 1.90 bits per heavy atom. The van der Waals surface area contributed by atoms with Crippen molar-refractivity contribution in [3.8, 4) is 22.5 Å². The number of hydrogen-bond donors (Lipinski definition) is 2. The standard InChI is InChI=1S/C53H66F2N8O7S/c1-6-62-46-13-12-34(45-29-71-31-58-45)21-38(46)41(49(62)40-22-35(25-57-48(40)32(2)67-5)33-14-17-61-18-19-68-26-36(61)20-33)24-53(3,4)30-70-52(66)43-11-9-16-63(60-43)51(65)44(27-69-28-47(54)55)59-50(64)39-23-37(39)42-10-7-8-15-56-42/h7-8,10,12-13,15,21-22,25,29,31-33,36-37,39,43-44,47,60H,6,9,11,14,16-20,23-24,26-28,30H2,1-5H3,(H,59,64)/t32-,33+,36?,37+,39+,43-,44-/m0/s1. The highest BCUT2D eigenvalue weighted by molar-refractivity contribution is 7.07. The molecule has 71 heavy (non-hydrogen) atoms. The van der Waals surface area contributed by atoms with Crippen LogP contribution >= 0.6 is 11.3 Å². The molecule has 4 aliphatic rings. The van der Waals surface area contributed by atoms with Crippen LogP contribution in [0.4, 0.5) is 8.78 Å². The molecule has 0 radical (unpaired) electrons. The summed E-state index contributed by atoms with van der Waals surface area (Å²) in [6.07, 6.45) is 4.66. The number of aryl methyl sites for hydroxylation is 1. The number of alkyl halides is 2. The highest BCUT2D eigenvalue weighted by Gasteiger charge is 2.46. The number of piperidine rings is 1. The van der Waals surface area contributed by atoms with Crippen LogP contribution in [0.2, 0.25) is 0 Å². The van der Waals surface area contributed by atoms with E-state index in [9.17, 15) is 23.2 Å². The Morgan fingerprint density at radius 1 is 1.04 bits per heavy atom. The van der Waals surface area contributed by atoms with Crippen LogP contribution in [0.15, 0.2) is 65.7 Å². The number of morpholine rings is 1. The number of fused-ring (bicyclic) bond motifs is 2. The van der Waals surface area contributed by atoms with Crippen molar-refractivity contribution in [2.75, 3.05) is 59.8 Å². The monoisotopic (exact) mass is 996 g/mol. The minimum atomic E-state index is -2.75. The number of carbonyl (C=O) groups excluding carboxylic acids is 3. The van der Waals surface area contributed by atoms with E-state index in [1.165, 1.54) is 10.6 Å².